The van der Waals surface area contributed by atoms with Gasteiger partial charge in [0.1, 0.15) is 5.75 Å². The van der Waals surface area contributed by atoms with Gasteiger partial charge in [0.05, 0.1) is 7.11 Å². The maximum absolute atomic E-state index is 11.3. The predicted molar refractivity (Wildman–Crippen MR) is 62.2 cm³/mol. The fourth-order valence-corrected chi connectivity index (χ4v) is 1.53. The van der Waals surface area contributed by atoms with Crippen LogP contribution < -0.4 is 10.1 Å². The fourth-order valence-electron chi connectivity index (χ4n) is 1.53. The van der Waals surface area contributed by atoms with Crippen LogP contribution in [-0.2, 0) is 14.3 Å². The highest BCUT2D eigenvalue weighted by Crippen LogP contribution is 2.21. The number of rotatable bonds is 4. The van der Waals surface area contributed by atoms with Crippen molar-refractivity contribution in [1.29, 1.82) is 0 Å². The molecule has 0 amide bonds. The number of ketones is 1. The smallest absolute Gasteiger partial charge is 0.344 e. The zero-order valence-corrected chi connectivity index (χ0v) is 9.60. The molecule has 2 N–H and O–H groups in total. The van der Waals surface area contributed by atoms with E-state index in [1.807, 2.05) is 0 Å². The summed E-state index contributed by atoms with van der Waals surface area (Å²) in [6, 6.07) is 6.80. The van der Waals surface area contributed by atoms with Crippen LogP contribution in [0.1, 0.15) is 0 Å². The number of nitrogens with one attached hydrogen (secondary N) is 1. The van der Waals surface area contributed by atoms with Gasteiger partial charge in [0.15, 0.2) is 12.2 Å². The predicted octanol–water partition coefficient (Wildman–Crippen LogP) is 1.00. The lowest BCUT2D eigenvalue weighted by Gasteiger charge is -2.08. The second-order valence-corrected chi connectivity index (χ2v) is 3.57. The van der Waals surface area contributed by atoms with E-state index >= 15 is 0 Å². The minimum atomic E-state index is -1.30. The Bertz CT molecular complexity index is 518. The molecule has 1 aliphatic rings. The van der Waals surface area contributed by atoms with Crippen molar-refractivity contribution >= 4 is 17.4 Å². The van der Waals surface area contributed by atoms with Crippen molar-refractivity contribution in [1.82, 2.24) is 0 Å². The van der Waals surface area contributed by atoms with Crippen molar-refractivity contribution in [2.45, 2.75) is 0 Å². The first kappa shape index (κ1) is 12.0. The minimum absolute atomic E-state index is 0.0299. The van der Waals surface area contributed by atoms with E-state index in [2.05, 4.69) is 5.32 Å². The number of Topliss-reactive ketones (excluding diaryl/α,β-unsaturated/α-hetero) is 1. The molecule has 94 valence electrons. The summed E-state index contributed by atoms with van der Waals surface area (Å²) < 4.78 is 10.0. The van der Waals surface area contributed by atoms with Gasteiger partial charge < -0.3 is 19.9 Å². The van der Waals surface area contributed by atoms with E-state index in [-0.39, 0.29) is 18.1 Å². The molecule has 0 saturated carbocycles. The summed E-state index contributed by atoms with van der Waals surface area (Å²) in [6.07, 6.45) is 0. The van der Waals surface area contributed by atoms with E-state index in [1.54, 1.807) is 31.4 Å². The van der Waals surface area contributed by atoms with Crippen molar-refractivity contribution in [3.05, 3.63) is 35.7 Å². The summed E-state index contributed by atoms with van der Waals surface area (Å²) in [4.78, 5) is 22.2. The Labute approximate surface area is 103 Å². The number of methoxy groups -OCH3 is 1. The average molecular weight is 249 g/mol. The quantitative estimate of drug-likeness (QED) is 0.774. The number of carbonyl (C=O) groups is 2. The number of hydrogen-bond acceptors (Lipinski definition) is 5. The Morgan fingerprint density at radius 3 is 2.61 bits per heavy atom. The Morgan fingerprint density at radius 2 is 2.06 bits per heavy atom. The monoisotopic (exact) mass is 249 g/mol. The summed E-state index contributed by atoms with van der Waals surface area (Å²) in [6.45, 7) is -0.250. The van der Waals surface area contributed by atoms with E-state index in [1.165, 1.54) is 0 Å². The molecule has 2 rings (SSSR count). The number of ether oxygens (including phenoxy) is 2. The summed E-state index contributed by atoms with van der Waals surface area (Å²) in [5, 5.41) is 11.6. The van der Waals surface area contributed by atoms with Gasteiger partial charge in [-0.3, -0.25) is 4.79 Å². The number of carbonyl (C=O) groups excluding carboxylic acids is 1. The van der Waals surface area contributed by atoms with Crippen LogP contribution in [0.5, 0.6) is 5.75 Å². The van der Waals surface area contributed by atoms with Crippen LogP contribution in [0.3, 0.4) is 0 Å². The largest absolute Gasteiger partial charge is 0.497 e. The number of carboxylic acids is 1. The van der Waals surface area contributed by atoms with Gasteiger partial charge in [-0.2, -0.15) is 0 Å². The molecule has 0 aromatic heterocycles. The third-order valence-corrected chi connectivity index (χ3v) is 2.42. The fraction of sp³-hybridized carbons (Fsp3) is 0.167. The van der Waals surface area contributed by atoms with Crippen molar-refractivity contribution < 1.29 is 24.2 Å². The van der Waals surface area contributed by atoms with E-state index in [9.17, 15) is 9.59 Å². The summed E-state index contributed by atoms with van der Waals surface area (Å²) >= 11 is 0. The number of anilines is 1. The molecule has 1 aromatic rings. The highest BCUT2D eigenvalue weighted by atomic mass is 16.5. The molecule has 0 atom stereocenters. The second-order valence-electron chi connectivity index (χ2n) is 3.57. The number of benzene rings is 1. The molecule has 1 aliphatic heterocycles. The molecule has 6 nitrogen and oxygen atoms in total. The van der Waals surface area contributed by atoms with Crippen molar-refractivity contribution in [3.63, 3.8) is 0 Å². The van der Waals surface area contributed by atoms with Gasteiger partial charge in [-0.1, -0.05) is 0 Å². The van der Waals surface area contributed by atoms with Gasteiger partial charge in [0.25, 0.3) is 0 Å². The van der Waals surface area contributed by atoms with E-state index < -0.39 is 11.8 Å². The van der Waals surface area contributed by atoms with Crippen LogP contribution in [0.15, 0.2) is 35.7 Å². The molecule has 0 unspecified atom stereocenters. The molecule has 0 radical (unpaired) electrons. The van der Waals surface area contributed by atoms with Crippen LogP contribution in [0.25, 0.3) is 0 Å². The Kier molecular flexibility index (Phi) is 3.18. The molecule has 18 heavy (non-hydrogen) atoms. The molecule has 0 bridgehead atoms. The highest BCUT2D eigenvalue weighted by molar-refractivity contribution is 6.19. The Balaban J connectivity index is 2.22. The summed E-state index contributed by atoms with van der Waals surface area (Å²) in [5.74, 6) is -1.19. The molecule has 0 saturated heterocycles. The van der Waals surface area contributed by atoms with Gasteiger partial charge in [0.2, 0.25) is 11.7 Å². The molecule has 1 aromatic carbocycles. The maximum Gasteiger partial charge on any atom is 0.344 e. The average Bonchev–Trinajstić information content (AvgIpc) is 2.71. The molecule has 0 spiro atoms. The van der Waals surface area contributed by atoms with Crippen LogP contribution in [0.4, 0.5) is 5.69 Å². The molecule has 0 fully saturated rings. The zero-order chi connectivity index (χ0) is 13.1. The summed E-state index contributed by atoms with van der Waals surface area (Å²) in [7, 11) is 1.55. The van der Waals surface area contributed by atoms with Gasteiger partial charge >= 0.3 is 5.97 Å². The van der Waals surface area contributed by atoms with Crippen LogP contribution >= 0.6 is 0 Å². The van der Waals surface area contributed by atoms with Gasteiger partial charge in [-0.15, -0.1) is 0 Å². The molecule has 0 aliphatic carbocycles. The molecule has 1 heterocycles. The van der Waals surface area contributed by atoms with Crippen molar-refractivity contribution in [2.75, 3.05) is 19.0 Å². The van der Waals surface area contributed by atoms with Gasteiger partial charge in [-0.05, 0) is 24.3 Å². The minimum Gasteiger partial charge on any atom is -0.497 e. The highest BCUT2D eigenvalue weighted by Gasteiger charge is 2.30. The first-order valence-electron chi connectivity index (χ1n) is 5.16. The van der Waals surface area contributed by atoms with Crippen LogP contribution in [0, 0.1) is 0 Å². The van der Waals surface area contributed by atoms with Crippen LogP contribution in [-0.4, -0.2) is 30.6 Å². The van der Waals surface area contributed by atoms with Gasteiger partial charge in [0, 0.05) is 5.69 Å². The normalized spacial score (nSPS) is 14.4. The van der Waals surface area contributed by atoms with Crippen molar-refractivity contribution in [2.24, 2.45) is 0 Å². The second kappa shape index (κ2) is 4.79. The topological polar surface area (TPSA) is 84.9 Å². The van der Waals surface area contributed by atoms with Crippen molar-refractivity contribution in [3.8, 4) is 5.75 Å². The van der Waals surface area contributed by atoms with Crippen LogP contribution in [0.2, 0.25) is 0 Å². The Hall–Kier alpha value is -2.50. The number of hydrogen-bond donors (Lipinski definition) is 2. The Morgan fingerprint density at radius 1 is 1.39 bits per heavy atom. The summed E-state index contributed by atoms with van der Waals surface area (Å²) in [5.41, 5.74) is 0.255. The standard InChI is InChI=1S/C12H11NO5/c1-17-8-4-2-7(3-5-8)13-11-10(12(15)16)9(14)6-18-11/h2-5,13H,6H2,1H3,(H,15,16). The lowest BCUT2D eigenvalue weighted by molar-refractivity contribution is -0.134. The maximum atomic E-state index is 11.3. The zero-order valence-electron chi connectivity index (χ0n) is 9.60. The lowest BCUT2D eigenvalue weighted by Crippen LogP contribution is -2.12. The first-order valence-corrected chi connectivity index (χ1v) is 5.16. The third kappa shape index (κ3) is 2.27. The number of carboxylic acid groups (broad SMARTS) is 1. The SMILES string of the molecule is COc1ccc(NC2=C(C(=O)O)C(=O)CO2)cc1. The van der Waals surface area contributed by atoms with E-state index in [0.29, 0.717) is 11.4 Å². The molecular formula is C12H11NO5. The third-order valence-electron chi connectivity index (χ3n) is 2.42. The number of aliphatic carboxylic acids is 1. The molecular weight excluding hydrogens is 238 g/mol. The first-order chi connectivity index (χ1) is 8.61. The van der Waals surface area contributed by atoms with E-state index in [0.717, 1.165) is 0 Å². The molecule has 6 heteroatoms. The van der Waals surface area contributed by atoms with E-state index in [4.69, 9.17) is 14.6 Å². The lowest BCUT2D eigenvalue weighted by atomic mass is 10.2. The van der Waals surface area contributed by atoms with Gasteiger partial charge in [-0.25, -0.2) is 4.79 Å².